The fourth-order valence-electron chi connectivity index (χ4n) is 3.89. The lowest BCUT2D eigenvalue weighted by atomic mass is 10.0. The van der Waals surface area contributed by atoms with Crippen molar-refractivity contribution in [2.75, 3.05) is 10.7 Å². The van der Waals surface area contributed by atoms with E-state index in [1.165, 1.54) is 18.7 Å². The molecule has 160 valence electrons. The number of carbonyl (C=O) groups is 1. The zero-order valence-electron chi connectivity index (χ0n) is 17.5. The average molecular weight is 438 g/mol. The highest BCUT2D eigenvalue weighted by atomic mass is 32.2. The van der Waals surface area contributed by atoms with E-state index in [0.29, 0.717) is 27.7 Å². The standard InChI is InChI=1S/C23H24N4O3S/c1-3-4-9-14-31-23-24-21(30)20-16-10-5-7-12-18(16)26(15(2)28)22(27(20)25-23)17-11-6-8-13-19(17)29/h5-8,10-13,22H,3-4,9,14H2,1-2H3,(H-,24,25,29,30)/p+1/t22-/m0/s1. The van der Waals surface area contributed by atoms with Crippen LogP contribution >= 0.6 is 11.8 Å². The Morgan fingerprint density at radius 3 is 2.68 bits per heavy atom. The first-order valence-corrected chi connectivity index (χ1v) is 11.4. The van der Waals surface area contributed by atoms with Crippen molar-refractivity contribution in [1.29, 1.82) is 0 Å². The molecule has 2 heterocycles. The van der Waals surface area contributed by atoms with Gasteiger partial charge in [-0.1, -0.05) is 55.8 Å². The first-order valence-electron chi connectivity index (χ1n) is 10.4. The Hall–Kier alpha value is -3.13. The van der Waals surface area contributed by atoms with Crippen molar-refractivity contribution >= 4 is 23.4 Å². The molecule has 1 amide bonds. The summed E-state index contributed by atoms with van der Waals surface area (Å²) in [6, 6.07) is 14.1. The minimum absolute atomic E-state index is 0.0378. The summed E-state index contributed by atoms with van der Waals surface area (Å²) in [7, 11) is 0. The van der Waals surface area contributed by atoms with Crippen LogP contribution in [0.4, 0.5) is 5.69 Å². The maximum atomic E-state index is 13.2. The van der Waals surface area contributed by atoms with E-state index in [0.717, 1.165) is 25.0 Å². The van der Waals surface area contributed by atoms with Gasteiger partial charge < -0.3 is 5.11 Å². The summed E-state index contributed by atoms with van der Waals surface area (Å²) in [5, 5.41) is 15.8. The predicted octanol–water partition coefficient (Wildman–Crippen LogP) is 3.63. The highest BCUT2D eigenvalue weighted by Crippen LogP contribution is 2.39. The Morgan fingerprint density at radius 1 is 1.19 bits per heavy atom. The van der Waals surface area contributed by atoms with Gasteiger partial charge in [0.05, 0.1) is 16.8 Å². The van der Waals surface area contributed by atoms with Gasteiger partial charge in [0, 0.05) is 17.8 Å². The zero-order chi connectivity index (χ0) is 22.0. The third-order valence-corrected chi connectivity index (χ3v) is 6.25. The maximum Gasteiger partial charge on any atom is 0.325 e. The zero-order valence-corrected chi connectivity index (χ0v) is 18.4. The fraction of sp³-hybridized carbons (Fsp3) is 0.304. The van der Waals surface area contributed by atoms with Crippen molar-refractivity contribution in [3.05, 3.63) is 64.4 Å². The molecule has 0 saturated heterocycles. The number of nitrogens with zero attached hydrogens (tertiary/aromatic N) is 3. The third-order valence-electron chi connectivity index (χ3n) is 5.30. The van der Waals surface area contributed by atoms with E-state index in [-0.39, 0.29) is 17.2 Å². The number of nitrogens with one attached hydrogen (secondary N) is 1. The number of aromatic amines is 1. The molecule has 1 aliphatic heterocycles. The molecule has 2 N–H and O–H groups in total. The summed E-state index contributed by atoms with van der Waals surface area (Å²) in [5.41, 5.74) is 1.82. The number of amides is 1. The number of fused-ring (bicyclic) bond motifs is 3. The number of rotatable bonds is 6. The van der Waals surface area contributed by atoms with E-state index in [9.17, 15) is 14.7 Å². The van der Waals surface area contributed by atoms with Gasteiger partial charge in [0.25, 0.3) is 6.17 Å². The monoisotopic (exact) mass is 437 g/mol. The van der Waals surface area contributed by atoms with Crippen molar-refractivity contribution < 1.29 is 14.6 Å². The number of hydrogen-bond acceptors (Lipinski definition) is 5. The second-order valence-electron chi connectivity index (χ2n) is 7.45. The number of carbonyl (C=O) groups excluding carboxylic acids is 1. The number of unbranched alkanes of at least 4 members (excludes halogenated alkanes) is 2. The number of aromatic nitrogens is 3. The number of phenols is 1. The molecule has 2 aromatic carbocycles. The van der Waals surface area contributed by atoms with E-state index in [1.54, 1.807) is 39.9 Å². The van der Waals surface area contributed by atoms with E-state index in [2.05, 4.69) is 11.9 Å². The highest BCUT2D eigenvalue weighted by molar-refractivity contribution is 7.99. The molecule has 0 fully saturated rings. The Labute approximate surface area is 184 Å². The van der Waals surface area contributed by atoms with Gasteiger partial charge in [-0.15, -0.1) is 0 Å². The molecular formula is C23H25N4O3S+. The first-order chi connectivity index (χ1) is 15.0. The molecule has 7 nitrogen and oxygen atoms in total. The van der Waals surface area contributed by atoms with Gasteiger partial charge in [-0.25, -0.2) is 4.90 Å². The van der Waals surface area contributed by atoms with Crippen LogP contribution < -0.4 is 15.1 Å². The summed E-state index contributed by atoms with van der Waals surface area (Å²) >= 11 is 1.49. The molecule has 31 heavy (non-hydrogen) atoms. The summed E-state index contributed by atoms with van der Waals surface area (Å²) in [4.78, 5) is 30.4. The summed E-state index contributed by atoms with van der Waals surface area (Å²) < 4.78 is 1.57. The summed E-state index contributed by atoms with van der Waals surface area (Å²) in [5.74, 6) is 0.665. The number of phenolic OH excluding ortho intramolecular Hbond substituents is 1. The topological polar surface area (TPSA) is 90.2 Å². The molecule has 4 rings (SSSR count). The molecule has 0 radical (unpaired) electrons. The lowest BCUT2D eigenvalue weighted by molar-refractivity contribution is -0.763. The molecule has 3 aromatic rings. The van der Waals surface area contributed by atoms with Gasteiger partial charge in [-0.05, 0) is 35.4 Å². The quantitative estimate of drug-likeness (QED) is 0.349. The molecule has 0 bridgehead atoms. The number of H-pyrrole nitrogens is 1. The van der Waals surface area contributed by atoms with Gasteiger partial charge in [0.1, 0.15) is 5.75 Å². The third kappa shape index (κ3) is 3.95. The van der Waals surface area contributed by atoms with Crippen LogP contribution in [-0.4, -0.2) is 26.8 Å². The Morgan fingerprint density at radius 2 is 1.94 bits per heavy atom. The van der Waals surface area contributed by atoms with Crippen molar-refractivity contribution in [3.63, 3.8) is 0 Å². The molecule has 0 spiro atoms. The second kappa shape index (κ2) is 8.93. The molecule has 0 aliphatic carbocycles. The van der Waals surface area contributed by atoms with Gasteiger partial charge >= 0.3 is 11.3 Å². The molecule has 1 atom stereocenters. The summed E-state index contributed by atoms with van der Waals surface area (Å²) in [6.45, 7) is 3.62. The van der Waals surface area contributed by atoms with Crippen molar-refractivity contribution in [3.8, 4) is 17.0 Å². The first kappa shape index (κ1) is 21.1. The van der Waals surface area contributed by atoms with Gasteiger partial charge in [-0.3, -0.25) is 14.6 Å². The van der Waals surface area contributed by atoms with Crippen LogP contribution in [0.2, 0.25) is 0 Å². The lowest BCUT2D eigenvalue weighted by Crippen LogP contribution is -2.60. The largest absolute Gasteiger partial charge is 0.507 e. The normalized spacial score (nSPS) is 14.8. The Bertz CT molecular complexity index is 1180. The second-order valence-corrected chi connectivity index (χ2v) is 8.53. The van der Waals surface area contributed by atoms with E-state index in [1.807, 2.05) is 18.2 Å². The molecule has 0 saturated carbocycles. The highest BCUT2D eigenvalue weighted by Gasteiger charge is 2.45. The van der Waals surface area contributed by atoms with Crippen LogP contribution in [0.15, 0.2) is 58.5 Å². The minimum Gasteiger partial charge on any atom is -0.507 e. The van der Waals surface area contributed by atoms with Crippen LogP contribution in [0.5, 0.6) is 5.75 Å². The molecule has 0 unspecified atom stereocenters. The van der Waals surface area contributed by atoms with E-state index >= 15 is 0 Å². The predicted molar refractivity (Wildman–Crippen MR) is 120 cm³/mol. The van der Waals surface area contributed by atoms with Gasteiger partial charge in [0.15, 0.2) is 0 Å². The van der Waals surface area contributed by atoms with Crippen LogP contribution in [0.1, 0.15) is 44.8 Å². The van der Waals surface area contributed by atoms with Gasteiger partial charge in [0.2, 0.25) is 11.1 Å². The van der Waals surface area contributed by atoms with E-state index < -0.39 is 6.17 Å². The Balaban J connectivity index is 1.93. The number of anilines is 1. The molecule has 8 heteroatoms. The van der Waals surface area contributed by atoms with Crippen LogP contribution in [0.25, 0.3) is 11.3 Å². The number of para-hydroxylation sites is 2. The van der Waals surface area contributed by atoms with Crippen LogP contribution in [0.3, 0.4) is 0 Å². The lowest BCUT2D eigenvalue weighted by Gasteiger charge is -2.31. The van der Waals surface area contributed by atoms with Crippen LogP contribution in [-0.2, 0) is 4.79 Å². The Kier molecular flexibility index (Phi) is 6.08. The summed E-state index contributed by atoms with van der Waals surface area (Å²) in [6.07, 6.45) is 2.48. The average Bonchev–Trinajstić information content (AvgIpc) is 2.76. The van der Waals surface area contributed by atoms with Crippen molar-refractivity contribution in [1.82, 2.24) is 10.1 Å². The number of thioether (sulfide) groups is 1. The number of aromatic hydroxyl groups is 1. The molecule has 1 aliphatic rings. The minimum atomic E-state index is -0.777. The maximum absolute atomic E-state index is 13.2. The smallest absolute Gasteiger partial charge is 0.325 e. The number of hydrogen-bond donors (Lipinski definition) is 2. The van der Waals surface area contributed by atoms with Crippen LogP contribution in [0, 0.1) is 0 Å². The van der Waals surface area contributed by atoms with Crippen molar-refractivity contribution in [2.45, 2.75) is 44.4 Å². The fourth-order valence-corrected chi connectivity index (χ4v) is 4.74. The van der Waals surface area contributed by atoms with Crippen molar-refractivity contribution in [2.24, 2.45) is 0 Å². The number of benzene rings is 2. The molecular weight excluding hydrogens is 412 g/mol. The van der Waals surface area contributed by atoms with Gasteiger partial charge in [-0.2, -0.15) is 0 Å². The SMILES string of the molecule is CCCCCSc1n[n+]2c(c(=O)[nH]1)-c1ccccc1N(C(C)=O)[C@@H]2c1ccccc1O. The molecule has 1 aromatic heterocycles. The van der Waals surface area contributed by atoms with E-state index in [4.69, 9.17) is 5.10 Å².